The molecule has 20 heavy (non-hydrogen) atoms. The third-order valence-electron chi connectivity index (χ3n) is 3.46. The first-order valence-electron chi connectivity index (χ1n) is 6.25. The number of amides is 1. The van der Waals surface area contributed by atoms with Gasteiger partial charge in [-0.25, -0.2) is 0 Å². The zero-order chi connectivity index (χ0) is 14.9. The molecule has 0 bridgehead atoms. The molecule has 1 aliphatic rings. The second-order valence-electron chi connectivity index (χ2n) is 4.96. The Morgan fingerprint density at radius 3 is 2.65 bits per heavy atom. The Balaban J connectivity index is 2.10. The molecule has 1 fully saturated rings. The normalized spacial score (nSPS) is 23.8. The summed E-state index contributed by atoms with van der Waals surface area (Å²) in [6.07, 6.45) is -2.99. The largest absolute Gasteiger partial charge is 0.417 e. The van der Waals surface area contributed by atoms with Gasteiger partial charge in [0.1, 0.15) is 5.69 Å². The fraction of sp³-hybridized carbons (Fsp3) is 0.538. The highest BCUT2D eigenvalue weighted by Gasteiger charge is 2.32. The fourth-order valence-electron chi connectivity index (χ4n) is 2.06. The Kier molecular flexibility index (Phi) is 4.22. The highest BCUT2D eigenvalue weighted by atomic mass is 35.5. The topological polar surface area (TPSA) is 33.2 Å². The van der Waals surface area contributed by atoms with Crippen LogP contribution in [0.4, 0.5) is 13.2 Å². The monoisotopic (exact) mass is 306 g/mol. The van der Waals surface area contributed by atoms with Crippen LogP contribution in [0.5, 0.6) is 0 Å². The van der Waals surface area contributed by atoms with E-state index in [0.717, 1.165) is 18.6 Å². The maximum absolute atomic E-state index is 12.4. The molecule has 7 heteroatoms. The van der Waals surface area contributed by atoms with Crippen molar-refractivity contribution >= 4 is 17.5 Å². The number of aromatic nitrogens is 1. The number of nitrogens with zero attached hydrogens (tertiary/aromatic N) is 2. The van der Waals surface area contributed by atoms with E-state index in [2.05, 4.69) is 4.98 Å². The van der Waals surface area contributed by atoms with E-state index >= 15 is 0 Å². The van der Waals surface area contributed by atoms with Crippen molar-refractivity contribution in [3.63, 3.8) is 0 Å². The quantitative estimate of drug-likeness (QED) is 0.747. The number of pyridine rings is 1. The van der Waals surface area contributed by atoms with Gasteiger partial charge in [0, 0.05) is 19.3 Å². The van der Waals surface area contributed by atoms with E-state index in [9.17, 15) is 18.0 Å². The fourth-order valence-corrected chi connectivity index (χ4v) is 2.35. The van der Waals surface area contributed by atoms with Crippen LogP contribution in [0.1, 0.15) is 29.4 Å². The number of carbonyl (C=O) groups excluding carboxylic acids is 1. The van der Waals surface area contributed by atoms with Gasteiger partial charge in [0.15, 0.2) is 0 Å². The molecule has 2 rings (SSSR count). The number of piperidine rings is 1. The molecule has 0 spiro atoms. The minimum atomic E-state index is -4.45. The molecule has 0 saturated carbocycles. The molecule has 1 amide bonds. The van der Waals surface area contributed by atoms with Gasteiger partial charge in [-0.3, -0.25) is 9.78 Å². The van der Waals surface area contributed by atoms with E-state index in [4.69, 9.17) is 11.6 Å². The first-order valence-corrected chi connectivity index (χ1v) is 6.69. The molecular formula is C13H14ClF3N2O. The van der Waals surface area contributed by atoms with Crippen molar-refractivity contribution in [1.29, 1.82) is 0 Å². The average molecular weight is 307 g/mol. The van der Waals surface area contributed by atoms with Gasteiger partial charge in [-0.15, -0.1) is 11.6 Å². The summed E-state index contributed by atoms with van der Waals surface area (Å²) in [5.41, 5.74) is -0.854. The first-order chi connectivity index (χ1) is 9.29. The van der Waals surface area contributed by atoms with E-state index < -0.39 is 11.7 Å². The molecule has 2 atom stereocenters. The summed E-state index contributed by atoms with van der Waals surface area (Å²) in [4.78, 5) is 17.3. The van der Waals surface area contributed by atoms with Crippen LogP contribution < -0.4 is 0 Å². The van der Waals surface area contributed by atoms with Crippen LogP contribution in [0.2, 0.25) is 0 Å². The van der Waals surface area contributed by atoms with Gasteiger partial charge in [-0.05, 0) is 24.5 Å². The Morgan fingerprint density at radius 2 is 2.15 bits per heavy atom. The van der Waals surface area contributed by atoms with Crippen molar-refractivity contribution in [2.45, 2.75) is 24.9 Å². The van der Waals surface area contributed by atoms with Crippen LogP contribution in [0.25, 0.3) is 0 Å². The lowest BCUT2D eigenvalue weighted by Crippen LogP contribution is -2.44. The standard InChI is InChI=1S/C13H14ClF3N2O/c1-8-4-5-19(7-10(8)14)12(20)11-3-2-9(6-18-11)13(15,16)17/h2-3,6,8,10H,4-5,7H2,1H3. The van der Waals surface area contributed by atoms with E-state index in [1.165, 1.54) is 4.90 Å². The summed E-state index contributed by atoms with van der Waals surface area (Å²) in [7, 11) is 0. The first kappa shape index (κ1) is 15.1. The Labute approximate surface area is 119 Å². The maximum atomic E-state index is 12.4. The van der Waals surface area contributed by atoms with E-state index in [0.29, 0.717) is 25.2 Å². The van der Waals surface area contributed by atoms with Crippen molar-refractivity contribution < 1.29 is 18.0 Å². The van der Waals surface area contributed by atoms with E-state index in [-0.39, 0.29) is 17.0 Å². The number of rotatable bonds is 1. The van der Waals surface area contributed by atoms with Gasteiger partial charge in [-0.1, -0.05) is 6.92 Å². The van der Waals surface area contributed by atoms with Crippen molar-refractivity contribution in [3.8, 4) is 0 Å². The summed E-state index contributed by atoms with van der Waals surface area (Å²) in [6, 6.07) is 1.97. The molecule has 1 saturated heterocycles. The molecule has 1 aromatic heterocycles. The van der Waals surface area contributed by atoms with Crippen LogP contribution in [-0.4, -0.2) is 34.3 Å². The lowest BCUT2D eigenvalue weighted by Gasteiger charge is -2.33. The van der Waals surface area contributed by atoms with Crippen molar-refractivity contribution in [2.24, 2.45) is 5.92 Å². The van der Waals surface area contributed by atoms with E-state index in [1.54, 1.807) is 0 Å². The van der Waals surface area contributed by atoms with Crippen LogP contribution in [0, 0.1) is 5.92 Å². The molecule has 110 valence electrons. The zero-order valence-corrected chi connectivity index (χ0v) is 11.6. The number of alkyl halides is 4. The molecule has 2 heterocycles. The van der Waals surface area contributed by atoms with Gasteiger partial charge < -0.3 is 4.90 Å². The summed E-state index contributed by atoms with van der Waals surface area (Å²) in [6.45, 7) is 2.95. The van der Waals surface area contributed by atoms with Gasteiger partial charge >= 0.3 is 6.18 Å². The molecule has 1 aromatic rings. The number of likely N-dealkylation sites (tertiary alicyclic amines) is 1. The summed E-state index contributed by atoms with van der Waals surface area (Å²) >= 11 is 6.12. The predicted octanol–water partition coefficient (Wildman–Crippen LogP) is 3.19. The molecule has 0 radical (unpaired) electrons. The molecule has 0 N–H and O–H groups in total. The van der Waals surface area contributed by atoms with Crippen LogP contribution in [-0.2, 0) is 6.18 Å². The minimum Gasteiger partial charge on any atom is -0.336 e. The number of halogens is 4. The van der Waals surface area contributed by atoms with Gasteiger partial charge in [0.25, 0.3) is 5.91 Å². The highest BCUT2D eigenvalue weighted by molar-refractivity contribution is 6.21. The summed E-state index contributed by atoms with van der Waals surface area (Å²) < 4.78 is 37.3. The Bertz CT molecular complexity index is 489. The second-order valence-corrected chi connectivity index (χ2v) is 5.52. The Hall–Kier alpha value is -1.30. The van der Waals surface area contributed by atoms with Gasteiger partial charge in [0.05, 0.1) is 10.9 Å². The van der Waals surface area contributed by atoms with Crippen LogP contribution >= 0.6 is 11.6 Å². The summed E-state index contributed by atoms with van der Waals surface area (Å²) in [5, 5.41) is -0.137. The van der Waals surface area contributed by atoms with E-state index in [1.807, 2.05) is 6.92 Å². The molecule has 2 unspecified atom stereocenters. The molecule has 0 aliphatic carbocycles. The molecule has 0 aromatic carbocycles. The van der Waals surface area contributed by atoms with Crippen molar-refractivity contribution in [3.05, 3.63) is 29.6 Å². The van der Waals surface area contributed by atoms with Gasteiger partial charge in [0.2, 0.25) is 0 Å². The molecule has 1 aliphatic heterocycles. The average Bonchev–Trinajstić information content (AvgIpc) is 2.40. The van der Waals surface area contributed by atoms with Crippen LogP contribution in [0.15, 0.2) is 18.3 Å². The number of hydrogen-bond acceptors (Lipinski definition) is 2. The number of hydrogen-bond donors (Lipinski definition) is 0. The third-order valence-corrected chi connectivity index (χ3v) is 4.03. The maximum Gasteiger partial charge on any atom is 0.417 e. The molecule has 3 nitrogen and oxygen atoms in total. The van der Waals surface area contributed by atoms with Crippen LogP contribution in [0.3, 0.4) is 0 Å². The lowest BCUT2D eigenvalue weighted by atomic mass is 9.98. The predicted molar refractivity (Wildman–Crippen MR) is 68.6 cm³/mol. The Morgan fingerprint density at radius 1 is 1.45 bits per heavy atom. The SMILES string of the molecule is CC1CCN(C(=O)c2ccc(C(F)(F)F)cn2)CC1Cl. The smallest absolute Gasteiger partial charge is 0.336 e. The summed E-state index contributed by atoms with van der Waals surface area (Å²) in [5.74, 6) is -0.0578. The highest BCUT2D eigenvalue weighted by Crippen LogP contribution is 2.28. The minimum absolute atomic E-state index is 0.0106. The lowest BCUT2D eigenvalue weighted by molar-refractivity contribution is -0.137. The third kappa shape index (κ3) is 3.23. The molecular weight excluding hydrogens is 293 g/mol. The van der Waals surface area contributed by atoms with Crippen molar-refractivity contribution in [1.82, 2.24) is 9.88 Å². The number of carbonyl (C=O) groups is 1. The van der Waals surface area contributed by atoms with Crippen molar-refractivity contribution in [2.75, 3.05) is 13.1 Å². The second kappa shape index (κ2) is 5.60. The zero-order valence-electron chi connectivity index (χ0n) is 10.8. The van der Waals surface area contributed by atoms with Gasteiger partial charge in [-0.2, -0.15) is 13.2 Å².